The number of rotatable bonds is 5. The summed E-state index contributed by atoms with van der Waals surface area (Å²) in [6, 6.07) is 45.6. The van der Waals surface area contributed by atoms with Crippen molar-refractivity contribution in [2.75, 3.05) is 10.6 Å². The number of hydrogen-bond acceptors (Lipinski definition) is 2. The summed E-state index contributed by atoms with van der Waals surface area (Å²) < 4.78 is 0. The maximum Gasteiger partial charge on any atom is 0.111 e. The molecule has 0 saturated carbocycles. The molecular weight excluding hydrogens is 501 g/mol. The molecule has 182 valence electrons. The lowest BCUT2D eigenvalue weighted by atomic mass is 9.90. The minimum absolute atomic E-state index is 0.677. The van der Waals surface area contributed by atoms with Crippen molar-refractivity contribution in [3.8, 4) is 11.1 Å². The van der Waals surface area contributed by atoms with Gasteiger partial charge in [-0.1, -0.05) is 146 Å². The van der Waals surface area contributed by atoms with Gasteiger partial charge in [0.1, 0.15) is 9.98 Å². The van der Waals surface area contributed by atoms with E-state index in [1.807, 2.05) is 60.7 Å². The molecule has 0 amide bonds. The van der Waals surface area contributed by atoms with Gasteiger partial charge in [0, 0.05) is 33.6 Å². The van der Waals surface area contributed by atoms with Crippen LogP contribution in [0.1, 0.15) is 11.1 Å². The Labute approximate surface area is 233 Å². The Bertz CT molecular complexity index is 1660. The zero-order valence-corrected chi connectivity index (χ0v) is 22.2. The molecule has 0 bridgehead atoms. The number of benzene rings is 6. The Morgan fingerprint density at radius 1 is 0.395 bits per heavy atom. The molecule has 0 fully saturated rings. The third kappa shape index (κ3) is 4.68. The lowest BCUT2D eigenvalue weighted by Gasteiger charge is -2.21. The average molecular weight is 525 g/mol. The van der Waals surface area contributed by atoms with Crippen molar-refractivity contribution < 1.29 is 0 Å². The number of hydrogen-bond donors (Lipinski definition) is 2. The van der Waals surface area contributed by atoms with Crippen LogP contribution in [-0.2, 0) is 0 Å². The molecule has 0 radical (unpaired) electrons. The molecule has 0 saturated heterocycles. The Balaban J connectivity index is 1.58. The minimum Gasteiger partial charge on any atom is -0.346 e. The van der Waals surface area contributed by atoms with Gasteiger partial charge in [-0.3, -0.25) is 0 Å². The highest BCUT2D eigenvalue weighted by atomic mass is 32.1. The van der Waals surface area contributed by atoms with E-state index in [4.69, 9.17) is 24.4 Å². The number of nitrogens with one attached hydrogen (secondary N) is 2. The fourth-order valence-electron chi connectivity index (χ4n) is 4.86. The maximum atomic E-state index is 5.85. The first-order chi connectivity index (χ1) is 18.7. The Morgan fingerprint density at radius 3 is 1.18 bits per heavy atom. The lowest BCUT2D eigenvalue weighted by Crippen LogP contribution is -2.13. The quantitative estimate of drug-likeness (QED) is 0.220. The van der Waals surface area contributed by atoms with Crippen molar-refractivity contribution in [2.24, 2.45) is 0 Å². The minimum atomic E-state index is 0.677. The first kappa shape index (κ1) is 24.0. The van der Waals surface area contributed by atoms with E-state index in [9.17, 15) is 0 Å². The molecule has 0 aliphatic rings. The first-order valence-corrected chi connectivity index (χ1v) is 13.3. The molecule has 0 unspecified atom stereocenters. The van der Waals surface area contributed by atoms with Crippen LogP contribution < -0.4 is 10.6 Å². The summed E-state index contributed by atoms with van der Waals surface area (Å²) in [5.41, 5.74) is 6.00. The Hall–Kier alpha value is -4.38. The molecule has 6 aromatic carbocycles. The van der Waals surface area contributed by atoms with E-state index in [1.54, 1.807) is 0 Å². The smallest absolute Gasteiger partial charge is 0.111 e. The van der Waals surface area contributed by atoms with Gasteiger partial charge >= 0.3 is 0 Å². The van der Waals surface area contributed by atoms with Gasteiger partial charge in [-0.25, -0.2) is 0 Å². The van der Waals surface area contributed by atoms with Gasteiger partial charge in [0.05, 0.1) is 0 Å². The highest BCUT2D eigenvalue weighted by Crippen LogP contribution is 2.44. The zero-order chi connectivity index (χ0) is 25.9. The summed E-state index contributed by atoms with van der Waals surface area (Å²) in [6.07, 6.45) is 0. The summed E-state index contributed by atoms with van der Waals surface area (Å²) in [7, 11) is 0. The van der Waals surface area contributed by atoms with Crippen LogP contribution in [0.15, 0.2) is 133 Å². The molecule has 0 aliphatic carbocycles. The number of anilines is 2. The lowest BCUT2D eigenvalue weighted by molar-refractivity contribution is 1.59. The fourth-order valence-corrected chi connectivity index (χ4v) is 5.35. The fraction of sp³-hybridized carbons (Fsp3) is 0. The average Bonchev–Trinajstić information content (AvgIpc) is 2.98. The van der Waals surface area contributed by atoms with Crippen molar-refractivity contribution >= 4 is 67.3 Å². The van der Waals surface area contributed by atoms with Crippen molar-refractivity contribution in [2.45, 2.75) is 0 Å². The standard InChI is InChI=1S/C34H24N2S2/c37-33(25-13-3-1-4-14-25)35-29-21-19-23-11-7-9-17-27(23)31(29)32-28-18-10-8-12-24(28)20-22-30(32)36-34(38)26-15-5-2-6-16-26/h1-22H,(H,35,37)(H,36,38). The van der Waals surface area contributed by atoms with Crippen LogP contribution in [0.3, 0.4) is 0 Å². The Kier molecular flexibility index (Phi) is 6.65. The van der Waals surface area contributed by atoms with Crippen LogP contribution in [0.25, 0.3) is 32.7 Å². The van der Waals surface area contributed by atoms with E-state index in [-0.39, 0.29) is 0 Å². The molecule has 0 aliphatic heterocycles. The van der Waals surface area contributed by atoms with Crippen molar-refractivity contribution in [3.05, 3.63) is 145 Å². The highest BCUT2D eigenvalue weighted by Gasteiger charge is 2.19. The Morgan fingerprint density at radius 2 is 0.763 bits per heavy atom. The molecule has 0 spiro atoms. The van der Waals surface area contributed by atoms with Crippen LogP contribution in [-0.4, -0.2) is 9.98 Å². The summed E-state index contributed by atoms with van der Waals surface area (Å²) in [4.78, 5) is 1.35. The molecule has 0 heterocycles. The molecule has 0 aromatic heterocycles. The van der Waals surface area contributed by atoms with Crippen LogP contribution in [0.4, 0.5) is 11.4 Å². The van der Waals surface area contributed by atoms with Gasteiger partial charge in [-0.15, -0.1) is 0 Å². The highest BCUT2D eigenvalue weighted by molar-refractivity contribution is 7.81. The van der Waals surface area contributed by atoms with Gasteiger partial charge in [0.15, 0.2) is 0 Å². The van der Waals surface area contributed by atoms with Crippen LogP contribution >= 0.6 is 24.4 Å². The third-order valence-electron chi connectivity index (χ3n) is 6.68. The second-order valence-corrected chi connectivity index (χ2v) is 9.88. The molecule has 2 N–H and O–H groups in total. The number of fused-ring (bicyclic) bond motifs is 2. The normalized spacial score (nSPS) is 10.8. The summed E-state index contributed by atoms with van der Waals surface area (Å²) in [6.45, 7) is 0. The maximum absolute atomic E-state index is 5.85. The summed E-state index contributed by atoms with van der Waals surface area (Å²) >= 11 is 11.7. The van der Waals surface area contributed by atoms with Gasteiger partial charge in [-0.05, 0) is 33.7 Å². The second-order valence-electron chi connectivity index (χ2n) is 9.06. The SMILES string of the molecule is S=C(Nc1ccc2ccccc2c1-c1c(NC(=S)c2ccccc2)ccc2ccccc12)c1ccccc1. The van der Waals surface area contributed by atoms with Gasteiger partial charge in [0.25, 0.3) is 0 Å². The van der Waals surface area contributed by atoms with E-state index in [0.717, 1.165) is 55.2 Å². The number of thiocarbonyl (C=S) groups is 2. The summed E-state index contributed by atoms with van der Waals surface area (Å²) in [5, 5.41) is 11.7. The van der Waals surface area contributed by atoms with Gasteiger partial charge in [0.2, 0.25) is 0 Å². The predicted molar refractivity (Wildman–Crippen MR) is 170 cm³/mol. The molecular formula is C34H24N2S2. The molecule has 38 heavy (non-hydrogen) atoms. The van der Waals surface area contributed by atoms with E-state index in [0.29, 0.717) is 9.98 Å². The van der Waals surface area contributed by atoms with Gasteiger partial charge < -0.3 is 10.6 Å². The van der Waals surface area contributed by atoms with Crippen molar-refractivity contribution in [3.63, 3.8) is 0 Å². The van der Waals surface area contributed by atoms with E-state index < -0.39 is 0 Å². The molecule has 6 aromatic rings. The largest absolute Gasteiger partial charge is 0.346 e. The summed E-state index contributed by atoms with van der Waals surface area (Å²) in [5.74, 6) is 0. The third-order valence-corrected chi connectivity index (χ3v) is 7.35. The molecule has 4 heteroatoms. The topological polar surface area (TPSA) is 24.1 Å². The second kappa shape index (κ2) is 10.5. The van der Waals surface area contributed by atoms with E-state index in [2.05, 4.69) is 83.4 Å². The molecule has 0 atom stereocenters. The first-order valence-electron chi connectivity index (χ1n) is 12.5. The van der Waals surface area contributed by atoms with Crippen molar-refractivity contribution in [1.29, 1.82) is 0 Å². The monoisotopic (exact) mass is 524 g/mol. The van der Waals surface area contributed by atoms with Crippen LogP contribution in [0.5, 0.6) is 0 Å². The van der Waals surface area contributed by atoms with Crippen molar-refractivity contribution in [1.82, 2.24) is 0 Å². The van der Waals surface area contributed by atoms with E-state index in [1.165, 1.54) is 0 Å². The molecule has 2 nitrogen and oxygen atoms in total. The predicted octanol–water partition coefficient (Wildman–Crippen LogP) is 9.24. The zero-order valence-electron chi connectivity index (χ0n) is 20.5. The van der Waals surface area contributed by atoms with Crippen LogP contribution in [0.2, 0.25) is 0 Å². The van der Waals surface area contributed by atoms with Crippen LogP contribution in [0, 0.1) is 0 Å². The van der Waals surface area contributed by atoms with E-state index >= 15 is 0 Å². The molecule has 6 rings (SSSR count). The van der Waals surface area contributed by atoms with Gasteiger partial charge in [-0.2, -0.15) is 0 Å².